The molecule has 2 atom stereocenters. The zero-order valence-electron chi connectivity index (χ0n) is 22.2. The summed E-state index contributed by atoms with van der Waals surface area (Å²) in [6.07, 6.45) is 1.29. The Labute approximate surface area is 218 Å². The Hall–Kier alpha value is -3.61. The number of carbonyl (C=O) groups excluding carboxylic acids is 3. The molecule has 0 saturated heterocycles. The summed E-state index contributed by atoms with van der Waals surface area (Å²) in [5.74, 6) is -0.471. The Morgan fingerprint density at radius 3 is 2.11 bits per heavy atom. The minimum Gasteiger partial charge on any atom is -0.496 e. The monoisotopic (exact) mass is 504 g/mol. The van der Waals surface area contributed by atoms with Crippen molar-refractivity contribution < 1.29 is 23.9 Å². The normalized spacial score (nSPS) is 17.5. The fraction of sp³-hybridized carbons (Fsp3) is 0.433. The molecule has 0 fully saturated rings. The van der Waals surface area contributed by atoms with E-state index in [9.17, 15) is 14.4 Å². The van der Waals surface area contributed by atoms with Crippen LogP contribution in [0.3, 0.4) is 0 Å². The maximum atomic E-state index is 13.6. The highest BCUT2D eigenvalue weighted by atomic mass is 16.5. The number of rotatable bonds is 9. The highest BCUT2D eigenvalue weighted by Crippen LogP contribution is 2.44. The lowest BCUT2D eigenvalue weighted by molar-refractivity contribution is -0.145. The van der Waals surface area contributed by atoms with Crippen LogP contribution in [-0.4, -0.2) is 48.1 Å². The molecule has 0 saturated carbocycles. The maximum Gasteiger partial charge on any atom is 0.407 e. The van der Waals surface area contributed by atoms with Crippen LogP contribution < -0.4 is 5.32 Å². The van der Waals surface area contributed by atoms with Crippen molar-refractivity contribution in [3.05, 3.63) is 71.5 Å². The van der Waals surface area contributed by atoms with Gasteiger partial charge in [-0.05, 0) is 47.4 Å². The van der Waals surface area contributed by atoms with Gasteiger partial charge in [0.25, 0.3) is 11.8 Å². The predicted molar refractivity (Wildman–Crippen MR) is 142 cm³/mol. The van der Waals surface area contributed by atoms with Crippen molar-refractivity contribution >= 4 is 17.9 Å². The lowest BCUT2D eigenvalue weighted by Crippen LogP contribution is -2.54. The second-order valence-electron chi connectivity index (χ2n) is 10.4. The summed E-state index contributed by atoms with van der Waals surface area (Å²) in [5, 5.41) is 2.74. The number of hydrogen-bond donors (Lipinski definition) is 1. The third-order valence-corrected chi connectivity index (χ3v) is 6.94. The molecule has 0 radical (unpaired) electrons. The van der Waals surface area contributed by atoms with Crippen molar-refractivity contribution in [2.24, 2.45) is 11.8 Å². The van der Waals surface area contributed by atoms with Crippen LogP contribution in [0.25, 0.3) is 11.1 Å². The molecule has 37 heavy (non-hydrogen) atoms. The molecular weight excluding hydrogens is 468 g/mol. The van der Waals surface area contributed by atoms with E-state index in [4.69, 9.17) is 9.47 Å². The van der Waals surface area contributed by atoms with Crippen LogP contribution >= 0.6 is 0 Å². The number of fused-ring (bicyclic) bond motifs is 3. The topological polar surface area (TPSA) is 84.9 Å². The van der Waals surface area contributed by atoms with Crippen LogP contribution in [0.15, 0.2) is 60.4 Å². The van der Waals surface area contributed by atoms with Gasteiger partial charge in [-0.25, -0.2) is 4.79 Å². The molecule has 1 N–H and O–H groups in total. The van der Waals surface area contributed by atoms with Crippen LogP contribution in [-0.2, 0) is 19.1 Å². The molecule has 2 aromatic carbocycles. The van der Waals surface area contributed by atoms with E-state index in [0.29, 0.717) is 18.8 Å². The third-order valence-electron chi connectivity index (χ3n) is 6.94. The fourth-order valence-corrected chi connectivity index (χ4v) is 5.23. The number of amides is 3. The predicted octanol–water partition coefficient (Wildman–Crippen LogP) is 5.25. The lowest BCUT2D eigenvalue weighted by atomic mass is 9.98. The molecule has 1 aliphatic carbocycles. The summed E-state index contributed by atoms with van der Waals surface area (Å²) >= 11 is 0. The molecule has 0 spiro atoms. The molecular formula is C30H36N2O5. The number of imide groups is 1. The second-order valence-corrected chi connectivity index (χ2v) is 10.4. The third kappa shape index (κ3) is 5.41. The highest BCUT2D eigenvalue weighted by molar-refractivity contribution is 6.06. The van der Waals surface area contributed by atoms with Crippen LogP contribution in [0.5, 0.6) is 0 Å². The van der Waals surface area contributed by atoms with Crippen LogP contribution in [0, 0.1) is 11.8 Å². The van der Waals surface area contributed by atoms with E-state index >= 15 is 0 Å². The van der Waals surface area contributed by atoms with Gasteiger partial charge in [-0.2, -0.15) is 0 Å². The Bertz CT molecular complexity index is 1160. The first-order valence-electron chi connectivity index (χ1n) is 13.1. The number of carbonyl (C=O) groups is 3. The van der Waals surface area contributed by atoms with Gasteiger partial charge in [0, 0.05) is 12.0 Å². The summed E-state index contributed by atoms with van der Waals surface area (Å²) in [5.41, 5.74) is 4.51. The van der Waals surface area contributed by atoms with Crippen LogP contribution in [0.1, 0.15) is 58.1 Å². The molecule has 0 aromatic heterocycles. The Morgan fingerprint density at radius 1 is 0.973 bits per heavy atom. The SMILES string of the molecule is CCOC1=CC(=O)N(C(=O)[C@@H](NC(=O)OCC2c3ccccc3-c3ccccc32)C(C)C)[C@H]1CC(C)C. The molecule has 7 nitrogen and oxygen atoms in total. The summed E-state index contributed by atoms with van der Waals surface area (Å²) in [7, 11) is 0. The van der Waals surface area contributed by atoms with Gasteiger partial charge in [-0.1, -0.05) is 76.2 Å². The van der Waals surface area contributed by atoms with Crippen LogP contribution in [0.4, 0.5) is 4.79 Å². The molecule has 1 heterocycles. The highest BCUT2D eigenvalue weighted by Gasteiger charge is 2.42. The maximum absolute atomic E-state index is 13.6. The summed E-state index contributed by atoms with van der Waals surface area (Å²) in [4.78, 5) is 40.6. The molecule has 2 aliphatic rings. The standard InChI is InChI=1S/C30H36N2O5/c1-6-36-26-16-27(33)32(25(26)15-18(2)3)29(34)28(19(4)5)31-30(35)37-17-24-22-13-9-7-11-20(22)21-12-8-10-14-23(21)24/h7-14,16,18-19,24-25,28H,6,15,17H2,1-5H3,(H,31,35)/t25-,28-/m0/s1. The average molecular weight is 505 g/mol. The van der Waals surface area contributed by atoms with E-state index in [1.165, 1.54) is 11.0 Å². The zero-order valence-corrected chi connectivity index (χ0v) is 22.2. The molecule has 3 amide bonds. The Kier molecular flexibility index (Phi) is 8.00. The van der Waals surface area contributed by atoms with E-state index in [2.05, 4.69) is 29.6 Å². The second kappa shape index (κ2) is 11.2. The van der Waals surface area contributed by atoms with Gasteiger partial charge in [0.15, 0.2) is 0 Å². The number of nitrogens with one attached hydrogen (secondary N) is 1. The van der Waals surface area contributed by atoms with Gasteiger partial charge in [-0.3, -0.25) is 14.5 Å². The zero-order chi connectivity index (χ0) is 26.7. The number of ether oxygens (including phenoxy) is 2. The number of benzene rings is 2. The van der Waals surface area contributed by atoms with Crippen molar-refractivity contribution in [3.8, 4) is 11.1 Å². The van der Waals surface area contributed by atoms with Gasteiger partial charge in [-0.15, -0.1) is 0 Å². The quantitative estimate of drug-likeness (QED) is 0.504. The van der Waals surface area contributed by atoms with E-state index < -0.39 is 30.0 Å². The molecule has 0 bridgehead atoms. The Morgan fingerprint density at radius 2 is 1.57 bits per heavy atom. The molecule has 0 unspecified atom stereocenters. The largest absolute Gasteiger partial charge is 0.496 e. The van der Waals surface area contributed by atoms with Gasteiger partial charge in [0.2, 0.25) is 0 Å². The van der Waals surface area contributed by atoms with Crippen LogP contribution in [0.2, 0.25) is 0 Å². The first kappa shape index (κ1) is 26.5. The summed E-state index contributed by atoms with van der Waals surface area (Å²) in [6.45, 7) is 10.1. The summed E-state index contributed by atoms with van der Waals surface area (Å²) < 4.78 is 11.3. The average Bonchev–Trinajstić information content (AvgIpc) is 3.34. The smallest absolute Gasteiger partial charge is 0.407 e. The molecule has 2 aromatic rings. The van der Waals surface area contributed by atoms with Crippen molar-refractivity contribution in [1.29, 1.82) is 0 Å². The first-order chi connectivity index (χ1) is 17.7. The fourth-order valence-electron chi connectivity index (χ4n) is 5.23. The van der Waals surface area contributed by atoms with Crippen molar-refractivity contribution in [2.45, 2.75) is 59.0 Å². The van der Waals surface area contributed by atoms with E-state index in [-0.39, 0.29) is 24.4 Å². The lowest BCUT2D eigenvalue weighted by Gasteiger charge is -2.31. The van der Waals surface area contributed by atoms with Crippen molar-refractivity contribution in [2.75, 3.05) is 13.2 Å². The van der Waals surface area contributed by atoms with E-state index in [1.54, 1.807) is 0 Å². The molecule has 196 valence electrons. The van der Waals surface area contributed by atoms with Gasteiger partial charge in [0.1, 0.15) is 18.4 Å². The van der Waals surface area contributed by atoms with E-state index in [0.717, 1.165) is 22.3 Å². The first-order valence-corrected chi connectivity index (χ1v) is 13.1. The number of alkyl carbamates (subject to hydrolysis) is 1. The molecule has 1 aliphatic heterocycles. The Balaban J connectivity index is 1.46. The number of nitrogens with zero attached hydrogens (tertiary/aromatic N) is 1. The van der Waals surface area contributed by atoms with Crippen molar-refractivity contribution in [3.63, 3.8) is 0 Å². The summed E-state index contributed by atoms with van der Waals surface area (Å²) in [6, 6.07) is 14.8. The van der Waals surface area contributed by atoms with Gasteiger partial charge in [0.05, 0.1) is 12.6 Å². The van der Waals surface area contributed by atoms with Gasteiger partial charge < -0.3 is 14.8 Å². The minimum absolute atomic E-state index is 0.0834. The number of hydrogen-bond acceptors (Lipinski definition) is 5. The van der Waals surface area contributed by atoms with Crippen molar-refractivity contribution in [1.82, 2.24) is 10.2 Å². The molecule has 4 rings (SSSR count). The van der Waals surface area contributed by atoms with E-state index in [1.807, 2.05) is 58.9 Å². The van der Waals surface area contributed by atoms with Gasteiger partial charge >= 0.3 is 6.09 Å². The minimum atomic E-state index is -0.913. The molecule has 7 heteroatoms.